The highest BCUT2D eigenvalue weighted by atomic mass is 16.5. The molecule has 0 spiro atoms. The molecule has 0 aliphatic carbocycles. The lowest BCUT2D eigenvalue weighted by Crippen LogP contribution is -2.42. The predicted molar refractivity (Wildman–Crippen MR) is 117 cm³/mol. The highest BCUT2D eigenvalue weighted by Crippen LogP contribution is 2.29. The van der Waals surface area contributed by atoms with Gasteiger partial charge in [-0.15, -0.1) is 0 Å². The highest BCUT2D eigenvalue weighted by molar-refractivity contribution is 6.07. The number of likely N-dealkylation sites (tertiary alicyclic amines) is 1. The van der Waals surface area contributed by atoms with Crippen LogP contribution in [0, 0.1) is 11.8 Å². The summed E-state index contributed by atoms with van der Waals surface area (Å²) < 4.78 is 5.65. The lowest BCUT2D eigenvalue weighted by Gasteiger charge is -2.35. The van der Waals surface area contributed by atoms with Gasteiger partial charge in [-0.05, 0) is 49.4 Å². The maximum atomic E-state index is 13.5. The van der Waals surface area contributed by atoms with Crippen LogP contribution < -0.4 is 4.74 Å². The number of nitrogens with zero attached hydrogens (tertiary/aromatic N) is 2. The number of amides is 1. The van der Waals surface area contributed by atoms with Gasteiger partial charge in [0.25, 0.3) is 5.91 Å². The molecular formula is C25H28N2O2. The molecule has 1 aromatic heterocycles. The van der Waals surface area contributed by atoms with Crippen LogP contribution in [0.3, 0.4) is 0 Å². The summed E-state index contributed by atoms with van der Waals surface area (Å²) >= 11 is 0. The van der Waals surface area contributed by atoms with Gasteiger partial charge in [0.05, 0.1) is 23.4 Å². The monoisotopic (exact) mass is 388 g/mol. The van der Waals surface area contributed by atoms with Gasteiger partial charge in [-0.25, -0.2) is 4.98 Å². The molecule has 4 heteroatoms. The van der Waals surface area contributed by atoms with Crippen LogP contribution >= 0.6 is 0 Å². The van der Waals surface area contributed by atoms with Crippen molar-refractivity contribution in [2.24, 2.45) is 11.8 Å². The fraction of sp³-hybridized carbons (Fsp3) is 0.360. The molecule has 1 saturated heterocycles. The first-order valence-corrected chi connectivity index (χ1v) is 10.5. The van der Waals surface area contributed by atoms with Gasteiger partial charge < -0.3 is 9.64 Å². The number of para-hydroxylation sites is 1. The fourth-order valence-corrected chi connectivity index (χ4v) is 4.41. The molecule has 0 bridgehead atoms. The Balaban J connectivity index is 1.79. The predicted octanol–water partition coefficient (Wildman–Crippen LogP) is 5.42. The molecule has 29 heavy (non-hydrogen) atoms. The van der Waals surface area contributed by atoms with Crippen LogP contribution in [0.4, 0.5) is 0 Å². The van der Waals surface area contributed by atoms with E-state index in [-0.39, 0.29) is 5.91 Å². The second-order valence-electron chi connectivity index (χ2n) is 8.19. The lowest BCUT2D eigenvalue weighted by molar-refractivity contribution is 0.0625. The van der Waals surface area contributed by atoms with Crippen LogP contribution in [0.1, 0.15) is 37.6 Å². The standard InChI is InChI=1S/C25H28N2O2/c1-4-29-20-9-7-8-19(13-20)24-14-22(21-10-5-6-11-23(21)26-24)25(28)27-15-17(2)12-18(3)16-27/h5-11,13-14,17-18H,4,12,15-16H2,1-3H3/t17-,18-/m0/s1. The molecule has 2 atom stereocenters. The third-order valence-corrected chi connectivity index (χ3v) is 5.54. The van der Waals surface area contributed by atoms with Crippen LogP contribution in [-0.4, -0.2) is 35.5 Å². The molecule has 2 heterocycles. The van der Waals surface area contributed by atoms with E-state index in [1.807, 2.05) is 66.4 Å². The zero-order chi connectivity index (χ0) is 20.4. The molecule has 1 amide bonds. The van der Waals surface area contributed by atoms with Gasteiger partial charge in [-0.2, -0.15) is 0 Å². The van der Waals surface area contributed by atoms with Crippen molar-refractivity contribution >= 4 is 16.8 Å². The summed E-state index contributed by atoms with van der Waals surface area (Å²) in [5, 5.41) is 0.910. The van der Waals surface area contributed by atoms with Crippen molar-refractivity contribution in [3.63, 3.8) is 0 Å². The number of fused-ring (bicyclic) bond motifs is 1. The summed E-state index contributed by atoms with van der Waals surface area (Å²) in [7, 11) is 0. The number of carbonyl (C=O) groups is 1. The van der Waals surface area contributed by atoms with Gasteiger partial charge in [0.1, 0.15) is 5.75 Å². The van der Waals surface area contributed by atoms with Gasteiger partial charge in [-0.1, -0.05) is 44.2 Å². The maximum Gasteiger partial charge on any atom is 0.254 e. The van der Waals surface area contributed by atoms with Crippen molar-refractivity contribution in [1.82, 2.24) is 9.88 Å². The average molecular weight is 389 g/mol. The van der Waals surface area contributed by atoms with Gasteiger partial charge >= 0.3 is 0 Å². The molecule has 2 aromatic carbocycles. The molecular weight excluding hydrogens is 360 g/mol. The van der Waals surface area contributed by atoms with E-state index in [0.717, 1.165) is 46.6 Å². The molecule has 4 rings (SSSR count). The summed E-state index contributed by atoms with van der Waals surface area (Å²) in [6.07, 6.45) is 1.18. The van der Waals surface area contributed by atoms with E-state index >= 15 is 0 Å². The number of aromatic nitrogens is 1. The van der Waals surface area contributed by atoms with Crippen LogP contribution in [0.5, 0.6) is 5.75 Å². The third kappa shape index (κ3) is 4.12. The Bertz CT molecular complexity index is 1020. The van der Waals surface area contributed by atoms with E-state index in [0.29, 0.717) is 18.4 Å². The molecule has 4 nitrogen and oxygen atoms in total. The minimum atomic E-state index is 0.101. The molecule has 0 radical (unpaired) electrons. The molecule has 1 aliphatic heterocycles. The van der Waals surface area contributed by atoms with E-state index in [4.69, 9.17) is 9.72 Å². The van der Waals surface area contributed by atoms with E-state index in [9.17, 15) is 4.79 Å². The Morgan fingerprint density at radius 1 is 1.07 bits per heavy atom. The Kier molecular flexibility index (Phi) is 5.52. The Morgan fingerprint density at radius 2 is 1.83 bits per heavy atom. The Morgan fingerprint density at radius 3 is 2.59 bits per heavy atom. The van der Waals surface area contributed by atoms with E-state index < -0.39 is 0 Å². The Labute approximate surface area is 172 Å². The maximum absolute atomic E-state index is 13.5. The van der Waals surface area contributed by atoms with Crippen LogP contribution in [0.15, 0.2) is 54.6 Å². The van der Waals surface area contributed by atoms with Gasteiger partial charge in [-0.3, -0.25) is 4.79 Å². The first kappa shape index (κ1) is 19.4. The average Bonchev–Trinajstić information content (AvgIpc) is 2.72. The molecule has 1 fully saturated rings. The normalized spacial score (nSPS) is 19.3. The second kappa shape index (κ2) is 8.24. The summed E-state index contributed by atoms with van der Waals surface area (Å²) in [6.45, 7) is 8.67. The quantitative estimate of drug-likeness (QED) is 0.599. The van der Waals surface area contributed by atoms with E-state index in [1.54, 1.807) is 0 Å². The minimum absolute atomic E-state index is 0.101. The lowest BCUT2D eigenvalue weighted by atomic mass is 9.91. The van der Waals surface area contributed by atoms with Crippen molar-refractivity contribution < 1.29 is 9.53 Å². The van der Waals surface area contributed by atoms with Crippen LogP contribution in [0.25, 0.3) is 22.2 Å². The molecule has 1 aliphatic rings. The number of rotatable bonds is 4. The third-order valence-electron chi connectivity index (χ3n) is 5.54. The summed E-state index contributed by atoms with van der Waals surface area (Å²) in [6, 6.07) is 17.8. The summed E-state index contributed by atoms with van der Waals surface area (Å²) in [5.74, 6) is 1.96. The van der Waals surface area contributed by atoms with Crippen LogP contribution in [-0.2, 0) is 0 Å². The van der Waals surface area contributed by atoms with Crippen molar-refractivity contribution in [2.45, 2.75) is 27.2 Å². The van der Waals surface area contributed by atoms with Crippen molar-refractivity contribution in [3.05, 3.63) is 60.2 Å². The number of ether oxygens (including phenoxy) is 1. The van der Waals surface area contributed by atoms with Gasteiger partial charge in [0.15, 0.2) is 0 Å². The number of pyridine rings is 1. The first-order chi connectivity index (χ1) is 14.0. The number of hydrogen-bond donors (Lipinski definition) is 0. The summed E-state index contributed by atoms with van der Waals surface area (Å²) in [4.78, 5) is 20.4. The van der Waals surface area contributed by atoms with E-state index in [2.05, 4.69) is 13.8 Å². The van der Waals surface area contributed by atoms with Gasteiger partial charge in [0, 0.05) is 24.0 Å². The smallest absolute Gasteiger partial charge is 0.254 e. The molecule has 150 valence electrons. The van der Waals surface area contributed by atoms with Crippen LogP contribution in [0.2, 0.25) is 0 Å². The highest BCUT2D eigenvalue weighted by Gasteiger charge is 2.27. The van der Waals surface area contributed by atoms with Gasteiger partial charge in [0.2, 0.25) is 0 Å². The molecule has 0 N–H and O–H groups in total. The second-order valence-corrected chi connectivity index (χ2v) is 8.19. The molecule has 0 unspecified atom stereocenters. The largest absolute Gasteiger partial charge is 0.494 e. The van der Waals surface area contributed by atoms with E-state index in [1.165, 1.54) is 6.42 Å². The number of carbonyl (C=O) groups excluding carboxylic acids is 1. The van der Waals surface area contributed by atoms with Crippen molar-refractivity contribution in [1.29, 1.82) is 0 Å². The summed E-state index contributed by atoms with van der Waals surface area (Å²) in [5.41, 5.74) is 3.32. The Hall–Kier alpha value is -2.88. The van der Waals surface area contributed by atoms with Crippen molar-refractivity contribution in [3.8, 4) is 17.0 Å². The SMILES string of the molecule is CCOc1cccc(-c2cc(C(=O)N3C[C@@H](C)C[C@H](C)C3)c3ccccc3n2)c1. The zero-order valence-electron chi connectivity index (χ0n) is 17.4. The number of hydrogen-bond acceptors (Lipinski definition) is 3. The minimum Gasteiger partial charge on any atom is -0.494 e. The van der Waals surface area contributed by atoms with Crippen molar-refractivity contribution in [2.75, 3.05) is 19.7 Å². The topological polar surface area (TPSA) is 42.4 Å². The first-order valence-electron chi connectivity index (χ1n) is 10.5. The zero-order valence-corrected chi connectivity index (χ0v) is 17.4. The molecule has 3 aromatic rings. The molecule has 0 saturated carbocycles. The fourth-order valence-electron chi connectivity index (χ4n) is 4.41. The number of piperidine rings is 1. The number of benzene rings is 2.